The number of rotatable bonds is 11. The van der Waals surface area contributed by atoms with Crippen LogP contribution in [0.3, 0.4) is 0 Å². The smallest absolute Gasteiger partial charge is 0.0851 e. The van der Waals surface area contributed by atoms with E-state index in [0.717, 1.165) is 50.6 Å². The van der Waals surface area contributed by atoms with Crippen LogP contribution < -0.4 is 0 Å². The second kappa shape index (κ2) is 12.3. The van der Waals surface area contributed by atoms with Gasteiger partial charge in [0, 0.05) is 18.6 Å². The van der Waals surface area contributed by atoms with Crippen LogP contribution in [0.5, 0.6) is 0 Å². The summed E-state index contributed by atoms with van der Waals surface area (Å²) in [7, 11) is 0. The van der Waals surface area contributed by atoms with Crippen molar-refractivity contribution in [1.82, 2.24) is 4.90 Å². The lowest BCUT2D eigenvalue weighted by Gasteiger charge is -2.39. The van der Waals surface area contributed by atoms with Gasteiger partial charge in [-0.3, -0.25) is 4.90 Å². The fraction of sp³-hybridized carbons (Fsp3) is 0.552. The van der Waals surface area contributed by atoms with Crippen molar-refractivity contribution in [2.75, 3.05) is 6.54 Å². The zero-order chi connectivity index (χ0) is 23.8. The molecule has 2 atom stereocenters. The van der Waals surface area contributed by atoms with Crippen molar-refractivity contribution in [2.45, 2.75) is 89.6 Å². The Hall–Kier alpha value is -1.53. The molecule has 0 spiro atoms. The molecule has 0 aromatic heterocycles. The van der Waals surface area contributed by atoms with Crippen LogP contribution in [-0.2, 0) is 11.8 Å². The van der Waals surface area contributed by atoms with Crippen LogP contribution in [-0.4, -0.2) is 23.5 Å². The molecule has 0 radical (unpaired) electrons. The molecule has 0 heterocycles. The Balaban J connectivity index is 1.82. The third-order valence-electron chi connectivity index (χ3n) is 7.66. The minimum atomic E-state index is -0.500. The fourth-order valence-corrected chi connectivity index (χ4v) is 6.05. The van der Waals surface area contributed by atoms with E-state index in [0.29, 0.717) is 28.0 Å². The zero-order valence-corrected chi connectivity index (χ0v) is 21.9. The van der Waals surface area contributed by atoms with E-state index >= 15 is 0 Å². The number of nitriles is 1. The highest BCUT2D eigenvalue weighted by atomic mass is 35.5. The molecule has 0 N–H and O–H groups in total. The number of hydrogen-bond donors (Lipinski definition) is 0. The molecule has 0 amide bonds. The van der Waals surface area contributed by atoms with Crippen molar-refractivity contribution in [3.05, 3.63) is 69.7 Å². The van der Waals surface area contributed by atoms with Gasteiger partial charge in [-0.2, -0.15) is 5.26 Å². The van der Waals surface area contributed by atoms with E-state index < -0.39 is 5.41 Å². The summed E-state index contributed by atoms with van der Waals surface area (Å²) in [5, 5.41) is 11.7. The molecule has 0 aliphatic heterocycles. The first-order valence-electron chi connectivity index (χ1n) is 12.6. The third-order valence-corrected chi connectivity index (χ3v) is 8.40. The first-order chi connectivity index (χ1) is 15.9. The van der Waals surface area contributed by atoms with Gasteiger partial charge >= 0.3 is 0 Å². The molecule has 2 unspecified atom stereocenters. The number of halogens is 2. The Morgan fingerprint density at radius 1 is 1.06 bits per heavy atom. The van der Waals surface area contributed by atoms with Crippen LogP contribution in [0.2, 0.25) is 10.0 Å². The van der Waals surface area contributed by atoms with E-state index in [1.54, 1.807) is 0 Å². The van der Waals surface area contributed by atoms with Gasteiger partial charge < -0.3 is 0 Å². The quantitative estimate of drug-likeness (QED) is 0.319. The second-order valence-electron chi connectivity index (χ2n) is 9.86. The highest BCUT2D eigenvalue weighted by Gasteiger charge is 2.42. The van der Waals surface area contributed by atoms with Crippen LogP contribution in [0, 0.1) is 17.2 Å². The fourth-order valence-electron chi connectivity index (χ4n) is 5.75. The molecule has 2 aromatic carbocycles. The number of benzene rings is 2. The Labute approximate surface area is 210 Å². The summed E-state index contributed by atoms with van der Waals surface area (Å²) in [5.41, 5.74) is 1.92. The zero-order valence-electron chi connectivity index (χ0n) is 20.4. The lowest BCUT2D eigenvalue weighted by Crippen LogP contribution is -2.43. The van der Waals surface area contributed by atoms with Crippen LogP contribution in [0.15, 0.2) is 48.5 Å². The molecule has 0 bridgehead atoms. The minimum absolute atomic E-state index is 0.383. The first kappa shape index (κ1) is 26.1. The molecule has 1 aliphatic carbocycles. The Morgan fingerprint density at radius 3 is 2.33 bits per heavy atom. The Kier molecular flexibility index (Phi) is 9.69. The summed E-state index contributed by atoms with van der Waals surface area (Å²) in [6.45, 7) is 7.91. The summed E-state index contributed by atoms with van der Waals surface area (Å²) in [6, 6.07) is 20.3. The maximum atomic E-state index is 10.6. The Morgan fingerprint density at radius 2 is 1.76 bits per heavy atom. The van der Waals surface area contributed by atoms with Gasteiger partial charge in [0.05, 0.1) is 21.5 Å². The number of hydrogen-bond acceptors (Lipinski definition) is 2. The van der Waals surface area contributed by atoms with E-state index in [4.69, 9.17) is 23.2 Å². The van der Waals surface area contributed by atoms with E-state index in [2.05, 4.69) is 62.1 Å². The third kappa shape index (κ3) is 6.33. The lowest BCUT2D eigenvalue weighted by molar-refractivity contribution is 0.131. The standard InChI is InChI=1S/C29H38Cl2N2/c1-4-26(33(22(2)3)19-17-23-10-6-5-7-11-23)16-18-29(21-32,24-12-8-9-13-24)25-14-15-27(30)28(31)20-25/h5-7,10-11,14-15,20,22,24,26H,4,8-9,12-13,16-19H2,1-3H3. The first-order valence-corrected chi connectivity index (χ1v) is 13.3. The SMILES string of the molecule is CCC(CCC(C#N)(c1ccc(Cl)c(Cl)c1)C1CCCC1)N(CCc1ccccc1)C(C)C. The van der Waals surface area contributed by atoms with E-state index in [9.17, 15) is 5.26 Å². The van der Waals surface area contributed by atoms with Crippen LogP contribution in [0.25, 0.3) is 0 Å². The van der Waals surface area contributed by atoms with Gasteiger partial charge in [-0.25, -0.2) is 0 Å². The van der Waals surface area contributed by atoms with Crippen molar-refractivity contribution < 1.29 is 0 Å². The van der Waals surface area contributed by atoms with Crippen molar-refractivity contribution in [3.63, 3.8) is 0 Å². The molecular weight excluding hydrogens is 447 g/mol. The molecule has 33 heavy (non-hydrogen) atoms. The van der Waals surface area contributed by atoms with Gasteiger partial charge in [-0.1, -0.05) is 79.4 Å². The summed E-state index contributed by atoms with van der Waals surface area (Å²) in [4.78, 5) is 2.64. The van der Waals surface area contributed by atoms with Crippen LogP contribution >= 0.6 is 23.2 Å². The topological polar surface area (TPSA) is 27.0 Å². The molecular formula is C29H38Cl2N2. The molecule has 1 fully saturated rings. The van der Waals surface area contributed by atoms with Gasteiger partial charge in [0.15, 0.2) is 0 Å². The predicted molar refractivity (Wildman–Crippen MR) is 141 cm³/mol. The summed E-state index contributed by atoms with van der Waals surface area (Å²) in [5.74, 6) is 0.383. The maximum Gasteiger partial charge on any atom is 0.0851 e. The second-order valence-corrected chi connectivity index (χ2v) is 10.7. The highest BCUT2D eigenvalue weighted by molar-refractivity contribution is 6.42. The Bertz CT molecular complexity index is 915. The molecule has 1 aliphatic rings. The van der Waals surface area contributed by atoms with E-state index in [1.165, 1.54) is 18.4 Å². The molecule has 2 aromatic rings. The molecule has 1 saturated carbocycles. The summed E-state index contributed by atoms with van der Waals surface area (Å²) >= 11 is 12.6. The maximum absolute atomic E-state index is 10.6. The lowest BCUT2D eigenvalue weighted by atomic mass is 9.67. The van der Waals surface area contributed by atoms with E-state index in [-0.39, 0.29) is 0 Å². The number of nitrogens with zero attached hydrogens (tertiary/aromatic N) is 2. The molecule has 0 saturated heterocycles. The summed E-state index contributed by atoms with van der Waals surface area (Å²) < 4.78 is 0. The van der Waals surface area contributed by atoms with Crippen molar-refractivity contribution >= 4 is 23.2 Å². The average molecular weight is 486 g/mol. The predicted octanol–water partition coefficient (Wildman–Crippen LogP) is 8.46. The van der Waals surface area contributed by atoms with Gasteiger partial charge in [-0.15, -0.1) is 0 Å². The van der Waals surface area contributed by atoms with Crippen LogP contribution in [0.4, 0.5) is 0 Å². The largest absolute Gasteiger partial charge is 0.298 e. The summed E-state index contributed by atoms with van der Waals surface area (Å²) in [6.07, 6.45) is 8.66. The van der Waals surface area contributed by atoms with Gasteiger partial charge in [0.25, 0.3) is 0 Å². The molecule has 2 nitrogen and oxygen atoms in total. The van der Waals surface area contributed by atoms with Crippen molar-refractivity contribution in [1.29, 1.82) is 5.26 Å². The van der Waals surface area contributed by atoms with Gasteiger partial charge in [0.2, 0.25) is 0 Å². The highest BCUT2D eigenvalue weighted by Crippen LogP contribution is 2.46. The molecule has 178 valence electrons. The van der Waals surface area contributed by atoms with Crippen LogP contribution in [0.1, 0.15) is 76.8 Å². The van der Waals surface area contributed by atoms with Crippen molar-refractivity contribution in [3.8, 4) is 6.07 Å². The van der Waals surface area contributed by atoms with Gasteiger partial charge in [-0.05, 0) is 81.5 Å². The average Bonchev–Trinajstić information content (AvgIpc) is 3.36. The molecule has 4 heteroatoms. The minimum Gasteiger partial charge on any atom is -0.298 e. The monoisotopic (exact) mass is 484 g/mol. The molecule has 3 rings (SSSR count). The van der Waals surface area contributed by atoms with Gasteiger partial charge in [0.1, 0.15) is 0 Å². The normalized spacial score (nSPS) is 17.3. The van der Waals surface area contributed by atoms with E-state index in [1.807, 2.05) is 18.2 Å². The van der Waals surface area contributed by atoms with Crippen molar-refractivity contribution in [2.24, 2.45) is 5.92 Å².